The van der Waals surface area contributed by atoms with E-state index in [-0.39, 0.29) is 37.0 Å². The highest BCUT2D eigenvalue weighted by molar-refractivity contribution is 5.92. The molecule has 0 heterocycles. The van der Waals surface area contributed by atoms with E-state index in [4.69, 9.17) is 5.73 Å². The van der Waals surface area contributed by atoms with Crippen molar-refractivity contribution in [1.29, 1.82) is 0 Å². The van der Waals surface area contributed by atoms with Crippen LogP contribution in [0.15, 0.2) is 54.6 Å². The maximum absolute atomic E-state index is 12.9. The van der Waals surface area contributed by atoms with Gasteiger partial charge in [-0.1, -0.05) is 56.3 Å². The van der Waals surface area contributed by atoms with Crippen molar-refractivity contribution in [3.8, 4) is 5.75 Å². The molecule has 2 unspecified atom stereocenters. The van der Waals surface area contributed by atoms with Gasteiger partial charge in [0.2, 0.25) is 23.6 Å². The lowest BCUT2D eigenvalue weighted by Gasteiger charge is -2.23. The average molecular weight is 497 g/mol. The van der Waals surface area contributed by atoms with Gasteiger partial charge >= 0.3 is 0 Å². The number of phenols is 1. The molecule has 6 N–H and O–H groups in total. The Kier molecular flexibility index (Phi) is 11.4. The van der Waals surface area contributed by atoms with Gasteiger partial charge in [-0.2, -0.15) is 0 Å². The van der Waals surface area contributed by atoms with Crippen molar-refractivity contribution < 1.29 is 24.3 Å². The van der Waals surface area contributed by atoms with Gasteiger partial charge in [0.25, 0.3) is 0 Å². The van der Waals surface area contributed by atoms with E-state index < -0.39 is 29.8 Å². The molecule has 2 aromatic rings. The van der Waals surface area contributed by atoms with Gasteiger partial charge in [-0.15, -0.1) is 0 Å². The Morgan fingerprint density at radius 3 is 2.14 bits per heavy atom. The van der Waals surface area contributed by atoms with Crippen molar-refractivity contribution in [2.75, 3.05) is 6.54 Å². The number of amides is 4. The third kappa shape index (κ3) is 10.6. The highest BCUT2D eigenvalue weighted by Gasteiger charge is 2.26. The van der Waals surface area contributed by atoms with Crippen molar-refractivity contribution in [2.45, 2.75) is 58.0 Å². The van der Waals surface area contributed by atoms with Crippen LogP contribution in [0, 0.1) is 5.92 Å². The first kappa shape index (κ1) is 28.4. The van der Waals surface area contributed by atoms with Gasteiger partial charge in [-0.25, -0.2) is 0 Å². The number of hydrogen-bond donors (Lipinski definition) is 5. The van der Waals surface area contributed by atoms with Crippen molar-refractivity contribution >= 4 is 23.6 Å². The summed E-state index contributed by atoms with van der Waals surface area (Å²) in [5.74, 6) is -1.82. The predicted molar refractivity (Wildman–Crippen MR) is 137 cm³/mol. The van der Waals surface area contributed by atoms with E-state index in [2.05, 4.69) is 16.0 Å². The van der Waals surface area contributed by atoms with Gasteiger partial charge in [-0.3, -0.25) is 19.2 Å². The average Bonchev–Trinajstić information content (AvgIpc) is 2.83. The summed E-state index contributed by atoms with van der Waals surface area (Å²) >= 11 is 0. The number of nitrogens with one attached hydrogen (secondary N) is 3. The van der Waals surface area contributed by atoms with Crippen molar-refractivity contribution in [3.63, 3.8) is 0 Å². The molecule has 0 bridgehead atoms. The summed E-state index contributed by atoms with van der Waals surface area (Å²) in [7, 11) is 0. The van der Waals surface area contributed by atoms with Crippen molar-refractivity contribution in [1.82, 2.24) is 16.0 Å². The molecule has 2 rings (SSSR count). The molecule has 0 fully saturated rings. The second kappa shape index (κ2) is 14.5. The Labute approximate surface area is 211 Å². The zero-order valence-electron chi connectivity index (χ0n) is 20.8. The third-order valence-electron chi connectivity index (χ3n) is 5.55. The fourth-order valence-electron chi connectivity index (χ4n) is 3.68. The third-order valence-corrected chi connectivity index (χ3v) is 5.55. The molecule has 0 aliphatic rings. The molecule has 0 aliphatic heterocycles. The zero-order valence-corrected chi connectivity index (χ0v) is 20.8. The number of primary amides is 1. The van der Waals surface area contributed by atoms with E-state index in [0.717, 1.165) is 12.0 Å². The number of benzene rings is 2. The van der Waals surface area contributed by atoms with Crippen LogP contribution in [-0.4, -0.2) is 47.4 Å². The summed E-state index contributed by atoms with van der Waals surface area (Å²) in [6.45, 7) is 3.56. The van der Waals surface area contributed by atoms with Gasteiger partial charge in [-0.05, 0) is 48.4 Å². The molecule has 2 atom stereocenters. The van der Waals surface area contributed by atoms with Crippen LogP contribution in [0.1, 0.15) is 44.2 Å². The Bertz CT molecular complexity index is 1010. The predicted octanol–water partition coefficient (Wildman–Crippen LogP) is 1.57. The molecule has 9 heteroatoms. The maximum atomic E-state index is 12.9. The lowest BCUT2D eigenvalue weighted by molar-refractivity contribution is -0.132. The number of aromatic hydroxyl groups is 1. The second-order valence-electron chi connectivity index (χ2n) is 9.20. The molecule has 0 saturated carbocycles. The van der Waals surface area contributed by atoms with Crippen LogP contribution in [0.25, 0.3) is 0 Å². The second-order valence-corrected chi connectivity index (χ2v) is 9.20. The molecular weight excluding hydrogens is 460 g/mol. The summed E-state index contributed by atoms with van der Waals surface area (Å²) in [5.41, 5.74) is 7.33. The van der Waals surface area contributed by atoms with E-state index in [0.29, 0.717) is 18.4 Å². The normalized spacial score (nSPS) is 12.4. The van der Waals surface area contributed by atoms with Crippen LogP contribution in [0.4, 0.5) is 0 Å². The number of aryl methyl sites for hydroxylation is 1. The molecule has 9 nitrogen and oxygen atoms in total. The van der Waals surface area contributed by atoms with E-state index >= 15 is 0 Å². The fraction of sp³-hybridized carbons (Fsp3) is 0.407. The molecule has 2 aromatic carbocycles. The van der Waals surface area contributed by atoms with Crippen LogP contribution >= 0.6 is 0 Å². The van der Waals surface area contributed by atoms with Gasteiger partial charge in [0.1, 0.15) is 17.8 Å². The van der Waals surface area contributed by atoms with Crippen molar-refractivity contribution in [2.24, 2.45) is 11.7 Å². The molecule has 0 spiro atoms. The van der Waals surface area contributed by atoms with Gasteiger partial charge in [0.15, 0.2) is 0 Å². The lowest BCUT2D eigenvalue weighted by Crippen LogP contribution is -2.55. The number of phenolic OH excluding ortho intramolecular Hbond substituents is 1. The minimum absolute atomic E-state index is 0.0813. The van der Waals surface area contributed by atoms with Crippen LogP contribution in [-0.2, 0) is 32.0 Å². The molecule has 0 aromatic heterocycles. The summed E-state index contributed by atoms with van der Waals surface area (Å²) in [5, 5.41) is 17.3. The molecule has 4 amide bonds. The Morgan fingerprint density at radius 1 is 0.861 bits per heavy atom. The summed E-state index contributed by atoms with van der Waals surface area (Å²) < 4.78 is 0. The number of rotatable bonds is 14. The first-order valence-corrected chi connectivity index (χ1v) is 12.1. The smallest absolute Gasteiger partial charge is 0.243 e. The van der Waals surface area contributed by atoms with Gasteiger partial charge in [0.05, 0.1) is 6.54 Å². The van der Waals surface area contributed by atoms with E-state index in [1.165, 1.54) is 12.1 Å². The lowest BCUT2D eigenvalue weighted by atomic mass is 10.0. The number of hydrogen-bond acceptors (Lipinski definition) is 5. The first-order chi connectivity index (χ1) is 17.1. The topological polar surface area (TPSA) is 151 Å². The SMILES string of the molecule is CC(C)CC(NC(=O)CNC(=O)CCCc1ccccc1)C(=O)NC(Cc1ccc(O)cc1)C(N)=O. The quantitative estimate of drug-likeness (QED) is 0.269. The molecule has 36 heavy (non-hydrogen) atoms. The van der Waals surface area contributed by atoms with E-state index in [1.807, 2.05) is 44.2 Å². The maximum Gasteiger partial charge on any atom is 0.243 e. The minimum Gasteiger partial charge on any atom is -0.508 e. The molecule has 0 radical (unpaired) electrons. The molecule has 0 saturated heterocycles. The fourth-order valence-corrected chi connectivity index (χ4v) is 3.68. The molecule has 194 valence electrons. The highest BCUT2D eigenvalue weighted by atomic mass is 16.3. The monoisotopic (exact) mass is 496 g/mol. The minimum atomic E-state index is -0.988. The summed E-state index contributed by atoms with van der Waals surface area (Å²) in [6.07, 6.45) is 2.19. The largest absolute Gasteiger partial charge is 0.508 e. The summed E-state index contributed by atoms with van der Waals surface area (Å²) in [4.78, 5) is 49.5. The summed E-state index contributed by atoms with van der Waals surface area (Å²) in [6, 6.07) is 14.2. The van der Waals surface area contributed by atoms with Crippen LogP contribution in [0.3, 0.4) is 0 Å². The van der Waals surface area contributed by atoms with Crippen LogP contribution in [0.5, 0.6) is 5.75 Å². The van der Waals surface area contributed by atoms with E-state index in [1.54, 1.807) is 12.1 Å². The molecule has 0 aliphatic carbocycles. The number of carbonyl (C=O) groups is 4. The zero-order chi connectivity index (χ0) is 26.5. The van der Waals surface area contributed by atoms with E-state index in [9.17, 15) is 24.3 Å². The number of carbonyl (C=O) groups excluding carboxylic acids is 4. The van der Waals surface area contributed by atoms with Crippen molar-refractivity contribution in [3.05, 3.63) is 65.7 Å². The Hall–Kier alpha value is -3.88. The first-order valence-electron chi connectivity index (χ1n) is 12.1. The van der Waals surface area contributed by atoms with Gasteiger partial charge < -0.3 is 26.8 Å². The van der Waals surface area contributed by atoms with Crippen LogP contribution in [0.2, 0.25) is 0 Å². The highest BCUT2D eigenvalue weighted by Crippen LogP contribution is 2.12. The van der Waals surface area contributed by atoms with Gasteiger partial charge in [0, 0.05) is 12.8 Å². The standard InChI is InChI=1S/C27H36N4O5/c1-18(2)15-23(27(36)31-22(26(28)35)16-20-11-13-21(32)14-12-20)30-25(34)17-29-24(33)10-6-9-19-7-4-3-5-8-19/h3-5,7-8,11-14,18,22-23,32H,6,9-10,15-17H2,1-2H3,(H2,28,35)(H,29,33)(H,30,34)(H,31,36). The Morgan fingerprint density at radius 2 is 1.53 bits per heavy atom. The Balaban J connectivity index is 1.86. The van der Waals surface area contributed by atoms with Crippen LogP contribution < -0.4 is 21.7 Å². The number of nitrogens with two attached hydrogens (primary N) is 1. The molecular formula is C27H36N4O5.